The largest absolute Gasteiger partial charge is 0.388 e. The van der Waals surface area contributed by atoms with Crippen LogP contribution in [0.15, 0.2) is 65.8 Å². The second-order valence-electron chi connectivity index (χ2n) is 6.51. The van der Waals surface area contributed by atoms with E-state index in [0.29, 0.717) is 6.61 Å². The first-order valence-electron chi connectivity index (χ1n) is 9.02. The van der Waals surface area contributed by atoms with Crippen molar-refractivity contribution in [2.24, 2.45) is 5.11 Å². The molecule has 8 heteroatoms. The van der Waals surface area contributed by atoms with Crippen molar-refractivity contribution in [2.45, 2.75) is 43.0 Å². The molecule has 0 bridgehead atoms. The molecule has 0 aromatic heterocycles. The van der Waals surface area contributed by atoms with Gasteiger partial charge in [0.1, 0.15) is 23.7 Å². The first-order valence-corrected chi connectivity index (χ1v) is 9.53. The average molecular weight is 401 g/mol. The van der Waals surface area contributed by atoms with Crippen LogP contribution in [0.4, 0.5) is 0 Å². The smallest absolute Gasteiger partial charge is 0.112 e. The Kier molecular flexibility index (Phi) is 7.73. The summed E-state index contributed by atoms with van der Waals surface area (Å²) < 4.78 is 17.3. The van der Waals surface area contributed by atoms with Gasteiger partial charge in [-0.3, -0.25) is 0 Å². The van der Waals surface area contributed by atoms with Gasteiger partial charge in [-0.15, -0.1) is 12.6 Å². The van der Waals surface area contributed by atoms with E-state index in [1.165, 1.54) is 0 Å². The van der Waals surface area contributed by atoms with Gasteiger partial charge in [-0.05, 0) is 16.7 Å². The maximum absolute atomic E-state index is 10.8. The molecule has 148 valence electrons. The van der Waals surface area contributed by atoms with Crippen LogP contribution in [-0.2, 0) is 27.4 Å². The van der Waals surface area contributed by atoms with Gasteiger partial charge in [-0.25, -0.2) is 0 Å². The number of hydrogen-bond acceptors (Lipinski definition) is 6. The topological polar surface area (TPSA) is 96.7 Å². The van der Waals surface area contributed by atoms with E-state index in [4.69, 9.17) is 19.7 Å². The van der Waals surface area contributed by atoms with E-state index in [9.17, 15) is 5.11 Å². The molecule has 5 atom stereocenters. The van der Waals surface area contributed by atoms with Crippen LogP contribution < -0.4 is 0 Å². The highest BCUT2D eigenvalue weighted by Crippen LogP contribution is 2.29. The molecule has 0 unspecified atom stereocenters. The third kappa shape index (κ3) is 5.48. The van der Waals surface area contributed by atoms with Gasteiger partial charge in [0.05, 0.1) is 25.9 Å². The number of nitrogens with zero attached hydrogens (tertiary/aromatic N) is 3. The Balaban J connectivity index is 1.63. The maximum atomic E-state index is 10.8. The summed E-state index contributed by atoms with van der Waals surface area (Å²) in [5, 5.41) is 14.5. The molecule has 0 saturated carbocycles. The summed E-state index contributed by atoms with van der Waals surface area (Å²) >= 11 is 4.39. The molecule has 7 nitrogen and oxygen atoms in total. The van der Waals surface area contributed by atoms with Crippen LogP contribution in [0.5, 0.6) is 0 Å². The number of aliphatic hydroxyl groups is 1. The lowest BCUT2D eigenvalue weighted by atomic mass is 9.98. The Morgan fingerprint density at radius 3 is 2.25 bits per heavy atom. The Labute approximate surface area is 169 Å². The number of azide groups is 1. The second-order valence-corrected chi connectivity index (χ2v) is 7.02. The van der Waals surface area contributed by atoms with Gasteiger partial charge in [0.25, 0.3) is 0 Å². The fourth-order valence-corrected chi connectivity index (χ4v) is 3.45. The van der Waals surface area contributed by atoms with Crippen LogP contribution in [0, 0.1) is 0 Å². The minimum absolute atomic E-state index is 0.168. The number of hydrogen-bond donors (Lipinski definition) is 2. The molecule has 0 amide bonds. The van der Waals surface area contributed by atoms with Crippen molar-refractivity contribution in [3.05, 3.63) is 82.2 Å². The Morgan fingerprint density at radius 1 is 1.04 bits per heavy atom. The quantitative estimate of drug-likeness (QED) is 0.306. The summed E-state index contributed by atoms with van der Waals surface area (Å²) in [6.07, 6.45) is -2.41. The summed E-state index contributed by atoms with van der Waals surface area (Å²) in [6.45, 7) is 0.847. The molecule has 1 aliphatic rings. The first-order chi connectivity index (χ1) is 13.7. The number of rotatable bonds is 8. The van der Waals surface area contributed by atoms with E-state index in [1.54, 1.807) is 0 Å². The summed E-state index contributed by atoms with van der Waals surface area (Å²) in [4.78, 5) is 2.85. The molecule has 0 aliphatic carbocycles. The van der Waals surface area contributed by atoms with E-state index in [-0.39, 0.29) is 13.2 Å². The average Bonchev–Trinajstić information content (AvgIpc) is 2.73. The predicted molar refractivity (Wildman–Crippen MR) is 108 cm³/mol. The first kappa shape index (κ1) is 20.7. The molecule has 1 saturated heterocycles. The van der Waals surface area contributed by atoms with E-state index in [1.807, 2.05) is 60.7 Å². The highest BCUT2D eigenvalue weighted by Gasteiger charge is 2.44. The summed E-state index contributed by atoms with van der Waals surface area (Å²) in [5.41, 5.74) is 10.1. The van der Waals surface area contributed by atoms with E-state index < -0.39 is 29.8 Å². The molecule has 1 fully saturated rings. The predicted octanol–water partition coefficient (Wildman–Crippen LogP) is 3.48. The van der Waals surface area contributed by atoms with Crippen molar-refractivity contribution < 1.29 is 19.3 Å². The molecule has 0 spiro atoms. The van der Waals surface area contributed by atoms with Crippen LogP contribution in [-0.4, -0.2) is 41.5 Å². The lowest BCUT2D eigenvalue weighted by molar-refractivity contribution is -0.190. The van der Waals surface area contributed by atoms with Crippen LogP contribution in [0.25, 0.3) is 10.4 Å². The molecular formula is C20H23N3O4S. The second kappa shape index (κ2) is 10.5. The molecule has 3 rings (SSSR count). The molecule has 1 aliphatic heterocycles. The number of thiol groups is 1. The molecular weight excluding hydrogens is 378 g/mol. The zero-order valence-electron chi connectivity index (χ0n) is 15.2. The van der Waals surface area contributed by atoms with Gasteiger partial charge in [0.15, 0.2) is 0 Å². The Bertz CT molecular complexity index is 774. The standard InChI is InChI=1S/C20H23N3O4S/c21-23-22-17-19(26-12-15-9-5-2-6-10-15)18(24)16(27-20(17)28)13-25-11-14-7-3-1-4-8-14/h1-10,16-20,24,28H,11-13H2/t16-,17-,18-,19-,20-/m1/s1. The molecule has 0 radical (unpaired) electrons. The van der Waals surface area contributed by atoms with Gasteiger partial charge < -0.3 is 19.3 Å². The fourth-order valence-electron chi connectivity index (χ4n) is 3.07. The SMILES string of the molecule is [N-]=[N+]=N[C@@H]1[C@@H](OCc2ccccc2)[C@H](O)[C@@H](COCc2ccccc2)O[C@@H]1S. The lowest BCUT2D eigenvalue weighted by Gasteiger charge is -2.41. The molecule has 1 heterocycles. The van der Waals surface area contributed by atoms with Crippen LogP contribution in [0.1, 0.15) is 11.1 Å². The van der Waals surface area contributed by atoms with Crippen molar-refractivity contribution in [1.82, 2.24) is 0 Å². The molecule has 2 aromatic rings. The van der Waals surface area contributed by atoms with Crippen molar-refractivity contribution in [3.8, 4) is 0 Å². The number of aliphatic hydroxyl groups excluding tert-OH is 1. The summed E-state index contributed by atoms with van der Waals surface area (Å²) in [7, 11) is 0. The van der Waals surface area contributed by atoms with Gasteiger partial charge in [-0.1, -0.05) is 65.8 Å². The van der Waals surface area contributed by atoms with Gasteiger partial charge in [0.2, 0.25) is 0 Å². The number of benzene rings is 2. The third-order valence-electron chi connectivity index (χ3n) is 4.52. The summed E-state index contributed by atoms with van der Waals surface area (Å²) in [6, 6.07) is 18.6. The number of ether oxygens (including phenoxy) is 3. The minimum atomic E-state index is -1.02. The Morgan fingerprint density at radius 2 is 1.64 bits per heavy atom. The fraction of sp³-hybridized carbons (Fsp3) is 0.400. The van der Waals surface area contributed by atoms with Crippen LogP contribution in [0.2, 0.25) is 0 Å². The van der Waals surface area contributed by atoms with Crippen LogP contribution >= 0.6 is 12.6 Å². The van der Waals surface area contributed by atoms with Gasteiger partial charge in [-0.2, -0.15) is 0 Å². The maximum Gasteiger partial charge on any atom is 0.112 e. The highest BCUT2D eigenvalue weighted by atomic mass is 32.1. The zero-order chi connectivity index (χ0) is 19.8. The molecule has 28 heavy (non-hydrogen) atoms. The minimum Gasteiger partial charge on any atom is -0.388 e. The van der Waals surface area contributed by atoms with Crippen LogP contribution in [0.3, 0.4) is 0 Å². The highest BCUT2D eigenvalue weighted by molar-refractivity contribution is 7.80. The van der Waals surface area contributed by atoms with E-state index >= 15 is 0 Å². The zero-order valence-corrected chi connectivity index (χ0v) is 16.1. The van der Waals surface area contributed by atoms with Crippen molar-refractivity contribution >= 4 is 12.6 Å². The van der Waals surface area contributed by atoms with Crippen molar-refractivity contribution in [1.29, 1.82) is 0 Å². The monoisotopic (exact) mass is 401 g/mol. The van der Waals surface area contributed by atoms with Crippen molar-refractivity contribution in [3.63, 3.8) is 0 Å². The third-order valence-corrected chi connectivity index (χ3v) is 4.95. The van der Waals surface area contributed by atoms with E-state index in [0.717, 1.165) is 11.1 Å². The van der Waals surface area contributed by atoms with E-state index in [2.05, 4.69) is 22.7 Å². The lowest BCUT2D eigenvalue weighted by Crippen LogP contribution is -2.57. The Hall–Kier alpha value is -2.06. The van der Waals surface area contributed by atoms with Crippen molar-refractivity contribution in [2.75, 3.05) is 6.61 Å². The van der Waals surface area contributed by atoms with Gasteiger partial charge in [0, 0.05) is 4.91 Å². The van der Waals surface area contributed by atoms with Gasteiger partial charge >= 0.3 is 0 Å². The molecule has 2 aromatic carbocycles. The normalized spacial score (nSPS) is 27.1. The summed E-state index contributed by atoms with van der Waals surface area (Å²) in [5.74, 6) is 0. The molecule has 1 N–H and O–H groups in total.